The molecule has 0 bridgehead atoms. The van der Waals surface area contributed by atoms with Gasteiger partial charge >= 0.3 is 0 Å². The molecule has 1 fully saturated rings. The minimum atomic E-state index is -3.47. The van der Waals surface area contributed by atoms with Crippen molar-refractivity contribution in [3.63, 3.8) is 0 Å². The minimum absolute atomic E-state index is 0.0954. The van der Waals surface area contributed by atoms with Gasteiger partial charge in [-0.25, -0.2) is 0 Å². The van der Waals surface area contributed by atoms with Crippen LogP contribution in [0.25, 0.3) is 0 Å². The molecule has 1 aromatic rings. The number of piperidine rings is 1. The maximum Gasteiger partial charge on any atom is 0.282 e. The van der Waals surface area contributed by atoms with Gasteiger partial charge in [0, 0.05) is 32.7 Å². The molecule has 0 aliphatic carbocycles. The van der Waals surface area contributed by atoms with E-state index in [0.717, 1.165) is 18.4 Å². The first-order valence-electron chi connectivity index (χ1n) is 7.44. The summed E-state index contributed by atoms with van der Waals surface area (Å²) in [7, 11) is -1.83. The topological polar surface area (TPSA) is 66.6 Å². The molecule has 2 unspecified atom stereocenters. The molecular formula is C15H25N3O2S. The van der Waals surface area contributed by atoms with E-state index >= 15 is 0 Å². The number of nitrogens with two attached hydrogens (primary N) is 1. The van der Waals surface area contributed by atoms with Crippen LogP contribution >= 0.6 is 0 Å². The zero-order valence-electron chi connectivity index (χ0n) is 12.8. The summed E-state index contributed by atoms with van der Waals surface area (Å²) < 4.78 is 28.6. The first kappa shape index (κ1) is 16.4. The van der Waals surface area contributed by atoms with E-state index in [9.17, 15) is 8.42 Å². The van der Waals surface area contributed by atoms with Gasteiger partial charge in [-0.3, -0.25) is 0 Å². The maximum atomic E-state index is 12.8. The Hall–Kier alpha value is -0.950. The zero-order chi connectivity index (χ0) is 15.5. The van der Waals surface area contributed by atoms with Crippen molar-refractivity contribution in [2.24, 2.45) is 11.7 Å². The van der Waals surface area contributed by atoms with Crippen LogP contribution in [-0.4, -0.2) is 43.2 Å². The fourth-order valence-corrected chi connectivity index (χ4v) is 4.61. The summed E-state index contributed by atoms with van der Waals surface area (Å²) in [6, 6.07) is 9.54. The lowest BCUT2D eigenvalue weighted by Crippen LogP contribution is -2.54. The highest BCUT2D eigenvalue weighted by atomic mass is 32.2. The fraction of sp³-hybridized carbons (Fsp3) is 0.600. The van der Waals surface area contributed by atoms with Crippen LogP contribution in [0.3, 0.4) is 0 Å². The van der Waals surface area contributed by atoms with E-state index in [1.807, 2.05) is 30.3 Å². The van der Waals surface area contributed by atoms with Crippen molar-refractivity contribution < 1.29 is 8.42 Å². The molecule has 0 aromatic heterocycles. The molecule has 0 saturated carbocycles. The SMILES string of the molecule is CC1CCCN(S(=O)(=O)N(C)Cc2ccccc2)C1CN. The van der Waals surface area contributed by atoms with Crippen molar-refractivity contribution in [3.05, 3.63) is 35.9 Å². The number of nitrogens with zero attached hydrogens (tertiary/aromatic N) is 2. The van der Waals surface area contributed by atoms with Crippen molar-refractivity contribution in [1.29, 1.82) is 0 Å². The minimum Gasteiger partial charge on any atom is -0.329 e. The van der Waals surface area contributed by atoms with E-state index in [2.05, 4.69) is 6.92 Å². The fourth-order valence-electron chi connectivity index (χ4n) is 2.95. The highest BCUT2D eigenvalue weighted by Gasteiger charge is 2.37. The van der Waals surface area contributed by atoms with Crippen LogP contribution in [0.4, 0.5) is 0 Å². The van der Waals surface area contributed by atoms with Crippen LogP contribution in [0.1, 0.15) is 25.3 Å². The first-order chi connectivity index (χ1) is 9.96. The Labute approximate surface area is 127 Å². The molecule has 0 spiro atoms. The molecule has 1 aliphatic rings. The largest absolute Gasteiger partial charge is 0.329 e. The zero-order valence-corrected chi connectivity index (χ0v) is 13.6. The molecule has 118 valence electrons. The van der Waals surface area contributed by atoms with E-state index < -0.39 is 10.2 Å². The van der Waals surface area contributed by atoms with E-state index in [1.165, 1.54) is 4.31 Å². The summed E-state index contributed by atoms with van der Waals surface area (Å²) >= 11 is 0. The smallest absolute Gasteiger partial charge is 0.282 e. The second-order valence-electron chi connectivity index (χ2n) is 5.78. The van der Waals surface area contributed by atoms with Crippen LogP contribution in [0.2, 0.25) is 0 Å². The molecule has 21 heavy (non-hydrogen) atoms. The van der Waals surface area contributed by atoms with Crippen LogP contribution in [0.15, 0.2) is 30.3 Å². The Morgan fingerprint density at radius 2 is 2.00 bits per heavy atom. The van der Waals surface area contributed by atoms with Gasteiger partial charge in [0.25, 0.3) is 10.2 Å². The average Bonchev–Trinajstić information content (AvgIpc) is 2.48. The highest BCUT2D eigenvalue weighted by molar-refractivity contribution is 7.86. The molecule has 0 amide bonds. The predicted molar refractivity (Wildman–Crippen MR) is 84.8 cm³/mol. The summed E-state index contributed by atoms with van der Waals surface area (Å²) in [4.78, 5) is 0. The molecule has 1 heterocycles. The Bertz CT molecular complexity index is 547. The molecule has 5 nitrogen and oxygen atoms in total. The van der Waals surface area contributed by atoms with E-state index in [0.29, 0.717) is 25.6 Å². The number of hydrogen-bond acceptors (Lipinski definition) is 3. The molecule has 2 atom stereocenters. The Morgan fingerprint density at radius 3 is 2.62 bits per heavy atom. The van der Waals surface area contributed by atoms with Gasteiger partial charge < -0.3 is 5.73 Å². The van der Waals surface area contributed by atoms with Crippen LogP contribution in [0.5, 0.6) is 0 Å². The standard InChI is InChI=1S/C15H25N3O2S/c1-13-7-6-10-18(15(13)11-16)21(19,20)17(2)12-14-8-4-3-5-9-14/h3-5,8-9,13,15H,6-7,10-12,16H2,1-2H3. The third-order valence-corrected chi connectivity index (χ3v) is 6.21. The lowest BCUT2D eigenvalue weighted by molar-refractivity contribution is 0.182. The average molecular weight is 311 g/mol. The van der Waals surface area contributed by atoms with Gasteiger partial charge in [0.05, 0.1) is 0 Å². The molecular weight excluding hydrogens is 286 g/mol. The molecule has 1 aliphatic heterocycles. The second kappa shape index (κ2) is 6.87. The van der Waals surface area contributed by atoms with Gasteiger partial charge in [-0.2, -0.15) is 17.0 Å². The summed E-state index contributed by atoms with van der Waals surface area (Å²) in [5, 5.41) is 0. The second-order valence-corrected chi connectivity index (χ2v) is 7.77. The summed E-state index contributed by atoms with van der Waals surface area (Å²) in [6.07, 6.45) is 1.94. The van der Waals surface area contributed by atoms with Crippen molar-refractivity contribution >= 4 is 10.2 Å². The lowest BCUT2D eigenvalue weighted by atomic mass is 9.93. The normalized spacial score (nSPS) is 24.4. The Morgan fingerprint density at radius 1 is 1.33 bits per heavy atom. The Kier molecular flexibility index (Phi) is 5.37. The molecule has 0 radical (unpaired) electrons. The van der Waals surface area contributed by atoms with Crippen LogP contribution in [-0.2, 0) is 16.8 Å². The van der Waals surface area contributed by atoms with Crippen molar-refractivity contribution in [3.8, 4) is 0 Å². The number of benzene rings is 1. The Balaban J connectivity index is 2.16. The summed E-state index contributed by atoms with van der Waals surface area (Å²) in [5.74, 6) is 0.309. The first-order valence-corrected chi connectivity index (χ1v) is 8.83. The van der Waals surface area contributed by atoms with E-state index in [4.69, 9.17) is 5.73 Å². The summed E-state index contributed by atoms with van der Waals surface area (Å²) in [5.41, 5.74) is 6.79. The molecule has 2 N–H and O–H groups in total. The monoisotopic (exact) mass is 311 g/mol. The number of hydrogen-bond donors (Lipinski definition) is 1. The quantitative estimate of drug-likeness (QED) is 0.894. The van der Waals surface area contributed by atoms with Gasteiger partial charge in [-0.15, -0.1) is 0 Å². The molecule has 1 aromatic carbocycles. The molecule has 6 heteroatoms. The summed E-state index contributed by atoms with van der Waals surface area (Å²) in [6.45, 7) is 3.40. The van der Waals surface area contributed by atoms with Gasteiger partial charge in [0.15, 0.2) is 0 Å². The van der Waals surface area contributed by atoms with E-state index in [1.54, 1.807) is 11.4 Å². The van der Waals surface area contributed by atoms with Crippen LogP contribution in [0, 0.1) is 5.92 Å². The predicted octanol–water partition coefficient (Wildman–Crippen LogP) is 1.42. The molecule has 2 rings (SSSR count). The third-order valence-electron chi connectivity index (χ3n) is 4.24. The van der Waals surface area contributed by atoms with Gasteiger partial charge in [-0.05, 0) is 24.3 Å². The van der Waals surface area contributed by atoms with Gasteiger partial charge in [-0.1, -0.05) is 37.3 Å². The van der Waals surface area contributed by atoms with Gasteiger partial charge in [0.1, 0.15) is 0 Å². The maximum absolute atomic E-state index is 12.8. The van der Waals surface area contributed by atoms with Gasteiger partial charge in [0.2, 0.25) is 0 Å². The third kappa shape index (κ3) is 3.63. The molecule has 1 saturated heterocycles. The van der Waals surface area contributed by atoms with Crippen LogP contribution < -0.4 is 5.73 Å². The van der Waals surface area contributed by atoms with Crippen molar-refractivity contribution in [2.75, 3.05) is 20.1 Å². The van der Waals surface area contributed by atoms with E-state index in [-0.39, 0.29) is 6.04 Å². The van der Waals surface area contributed by atoms with Crippen molar-refractivity contribution in [2.45, 2.75) is 32.4 Å². The lowest BCUT2D eigenvalue weighted by Gasteiger charge is -2.40. The van der Waals surface area contributed by atoms with Crippen molar-refractivity contribution in [1.82, 2.24) is 8.61 Å². The highest BCUT2D eigenvalue weighted by Crippen LogP contribution is 2.26. The number of rotatable bonds is 5.